The molecule has 2 heterocycles. The van der Waals surface area contributed by atoms with Crippen LogP contribution in [0.5, 0.6) is 0 Å². The van der Waals surface area contributed by atoms with Gasteiger partial charge in [-0.25, -0.2) is 0 Å². The van der Waals surface area contributed by atoms with Gasteiger partial charge in [0.15, 0.2) is 0 Å². The molecular formula is C103H93NO2. The second-order valence-corrected chi connectivity index (χ2v) is 34.1. The first-order chi connectivity index (χ1) is 51.5. The molecule has 20 rings (SSSR count). The quantitative estimate of drug-likeness (QED) is 0.0851. The van der Waals surface area contributed by atoms with Crippen LogP contribution < -0.4 is 4.90 Å². The van der Waals surface area contributed by atoms with Crippen molar-refractivity contribution in [1.82, 2.24) is 0 Å². The molecule has 0 aliphatic heterocycles. The Kier molecular flexibility index (Phi) is 14.6. The fourth-order valence-electron chi connectivity index (χ4n) is 21.3. The number of nitrogens with zero attached hydrogens (tertiary/aromatic N) is 1. The molecule has 13 aromatic carbocycles. The van der Waals surface area contributed by atoms with Crippen LogP contribution >= 0.6 is 0 Å². The predicted molar refractivity (Wildman–Crippen MR) is 447 cm³/mol. The summed E-state index contributed by atoms with van der Waals surface area (Å²) in [6, 6.07) is 91.1. The van der Waals surface area contributed by atoms with Gasteiger partial charge < -0.3 is 13.7 Å². The van der Waals surface area contributed by atoms with Gasteiger partial charge in [-0.05, 0) is 219 Å². The van der Waals surface area contributed by atoms with Crippen LogP contribution in [0.1, 0.15) is 202 Å². The minimum atomic E-state index is -0.396. The Hall–Kier alpha value is -10.5. The molecule has 522 valence electrons. The second kappa shape index (κ2) is 23.8. The van der Waals surface area contributed by atoms with Gasteiger partial charge in [-0.15, -0.1) is 0 Å². The zero-order chi connectivity index (χ0) is 71.9. The van der Waals surface area contributed by atoms with E-state index in [4.69, 9.17) is 8.83 Å². The summed E-state index contributed by atoms with van der Waals surface area (Å²) < 4.78 is 14.4. The SMILES string of the molecule is CCCCCCCC1(CCCCCCC)c2ccccc2-c2ccc(-c3ccc4c(c3)C(C)(C)c3cc(-c5cc6c(c7c5oc5ccccc57)-c5ccc(N(c7ccc8c(c7)C(C)(C)c7c9c(c%10c(oc%11ccccc%11%10)c7-8)-c7ccccc7C9(C)C)c7ccc8ccccc8c7)cc5C6(C)C)ccc3-4)cc21. The minimum absolute atomic E-state index is 0.0300. The van der Waals surface area contributed by atoms with Gasteiger partial charge in [0, 0.05) is 76.8 Å². The molecule has 0 amide bonds. The second-order valence-electron chi connectivity index (χ2n) is 34.1. The third-order valence-electron chi connectivity index (χ3n) is 26.7. The Morgan fingerprint density at radius 3 is 1.38 bits per heavy atom. The van der Waals surface area contributed by atoms with Crippen molar-refractivity contribution in [3.63, 3.8) is 0 Å². The topological polar surface area (TPSA) is 29.5 Å². The van der Waals surface area contributed by atoms with Crippen molar-refractivity contribution in [2.75, 3.05) is 4.90 Å². The Morgan fingerprint density at radius 1 is 0.283 bits per heavy atom. The summed E-state index contributed by atoms with van der Waals surface area (Å²) in [6.07, 6.45) is 15.4. The molecule has 0 saturated carbocycles. The van der Waals surface area contributed by atoms with Crippen molar-refractivity contribution >= 4 is 71.7 Å². The summed E-state index contributed by atoms with van der Waals surface area (Å²) in [5.74, 6) is 0. The van der Waals surface area contributed by atoms with Crippen molar-refractivity contribution in [3.05, 3.63) is 292 Å². The van der Waals surface area contributed by atoms with E-state index < -0.39 is 5.41 Å². The number of benzene rings is 13. The van der Waals surface area contributed by atoms with Crippen LogP contribution in [-0.4, -0.2) is 0 Å². The van der Waals surface area contributed by atoms with Gasteiger partial charge in [-0.3, -0.25) is 0 Å². The average Bonchev–Trinajstić information content (AvgIpc) is 1.50. The van der Waals surface area contributed by atoms with Crippen LogP contribution in [-0.2, 0) is 27.1 Å². The summed E-state index contributed by atoms with van der Waals surface area (Å²) >= 11 is 0. The number of hydrogen-bond acceptors (Lipinski definition) is 3. The molecule has 15 aromatic rings. The van der Waals surface area contributed by atoms with Crippen LogP contribution in [0, 0.1) is 0 Å². The molecule has 5 aliphatic carbocycles. The number of rotatable bonds is 17. The number of anilines is 3. The van der Waals surface area contributed by atoms with Crippen molar-refractivity contribution < 1.29 is 8.83 Å². The van der Waals surface area contributed by atoms with E-state index >= 15 is 0 Å². The predicted octanol–water partition coefficient (Wildman–Crippen LogP) is 29.7. The highest BCUT2D eigenvalue weighted by Gasteiger charge is 2.50. The number of para-hydroxylation sites is 2. The maximum atomic E-state index is 7.25. The molecule has 0 fully saturated rings. The zero-order valence-electron chi connectivity index (χ0n) is 63.3. The highest BCUT2D eigenvalue weighted by molar-refractivity contribution is 6.22. The molecule has 3 nitrogen and oxygen atoms in total. The molecule has 0 radical (unpaired) electrons. The van der Waals surface area contributed by atoms with Gasteiger partial charge in [0.05, 0.1) is 0 Å². The van der Waals surface area contributed by atoms with Crippen LogP contribution in [0.3, 0.4) is 0 Å². The third kappa shape index (κ3) is 9.23. The highest BCUT2D eigenvalue weighted by Crippen LogP contribution is 2.65. The van der Waals surface area contributed by atoms with Crippen LogP contribution in [0.2, 0.25) is 0 Å². The Morgan fingerprint density at radius 2 is 0.717 bits per heavy atom. The summed E-state index contributed by atoms with van der Waals surface area (Å²) in [7, 11) is 0. The lowest BCUT2D eigenvalue weighted by molar-refractivity contribution is 0.399. The fourth-order valence-corrected chi connectivity index (χ4v) is 21.3. The minimum Gasteiger partial charge on any atom is -0.455 e. The Labute approximate surface area is 625 Å². The molecule has 0 N–H and O–H groups in total. The van der Waals surface area contributed by atoms with E-state index in [1.165, 1.54) is 221 Å². The largest absolute Gasteiger partial charge is 0.455 e. The lowest BCUT2D eigenvalue weighted by Crippen LogP contribution is -2.25. The number of fused-ring (bicyclic) bond motifs is 26. The molecule has 0 spiro atoms. The molecule has 0 saturated heterocycles. The van der Waals surface area contributed by atoms with Gasteiger partial charge >= 0.3 is 0 Å². The summed E-state index contributed by atoms with van der Waals surface area (Å²) in [4.78, 5) is 2.53. The molecule has 2 aromatic heterocycles. The van der Waals surface area contributed by atoms with Crippen molar-refractivity contribution in [2.24, 2.45) is 0 Å². The van der Waals surface area contributed by atoms with Crippen LogP contribution in [0.25, 0.3) is 133 Å². The van der Waals surface area contributed by atoms with Crippen molar-refractivity contribution in [3.8, 4) is 77.9 Å². The first-order valence-corrected chi connectivity index (χ1v) is 39.8. The van der Waals surface area contributed by atoms with Crippen molar-refractivity contribution in [2.45, 2.75) is 173 Å². The van der Waals surface area contributed by atoms with Gasteiger partial charge in [-0.1, -0.05) is 297 Å². The Bertz CT molecular complexity index is 6190. The Balaban J connectivity index is 0.687. The lowest BCUT2D eigenvalue weighted by atomic mass is 9.70. The first-order valence-electron chi connectivity index (χ1n) is 39.8. The third-order valence-corrected chi connectivity index (χ3v) is 26.7. The summed E-state index contributed by atoms with van der Waals surface area (Å²) in [5.41, 5.74) is 38.0. The van der Waals surface area contributed by atoms with Gasteiger partial charge in [0.25, 0.3) is 0 Å². The fraction of sp³-hybridized carbons (Fsp3) is 0.262. The number of unbranched alkanes of at least 4 members (excludes halogenated alkanes) is 8. The summed E-state index contributed by atoms with van der Waals surface area (Å²) in [5, 5.41) is 7.16. The molecular weight excluding hydrogens is 1280 g/mol. The maximum absolute atomic E-state index is 7.25. The summed E-state index contributed by atoms with van der Waals surface area (Å²) in [6.45, 7) is 24.3. The van der Waals surface area contributed by atoms with E-state index in [1.54, 1.807) is 11.1 Å². The molecule has 0 atom stereocenters. The van der Waals surface area contributed by atoms with Crippen molar-refractivity contribution in [1.29, 1.82) is 0 Å². The normalized spacial score (nSPS) is 15.7. The average molecular weight is 1380 g/mol. The van der Waals surface area contributed by atoms with Gasteiger partial charge in [0.2, 0.25) is 0 Å². The van der Waals surface area contributed by atoms with E-state index in [0.29, 0.717) is 0 Å². The van der Waals surface area contributed by atoms with Crippen LogP contribution in [0.15, 0.2) is 245 Å². The number of furan rings is 2. The maximum Gasteiger partial charge on any atom is 0.144 e. The van der Waals surface area contributed by atoms with E-state index in [1.807, 2.05) is 0 Å². The van der Waals surface area contributed by atoms with E-state index in [-0.39, 0.29) is 21.7 Å². The van der Waals surface area contributed by atoms with E-state index in [9.17, 15) is 0 Å². The van der Waals surface area contributed by atoms with E-state index in [2.05, 4.69) is 311 Å². The molecule has 0 bridgehead atoms. The number of hydrogen-bond donors (Lipinski definition) is 0. The monoisotopic (exact) mass is 1380 g/mol. The highest BCUT2D eigenvalue weighted by atomic mass is 16.3. The first kappa shape index (κ1) is 65.1. The standard InChI is InChI=1S/C103H93NO2/c1-11-13-15-17-29-53-103(54-30-18-16-14-12-2)81-38-26-21-33-70(81)73-49-43-65(57-86(73)103)64-42-48-71-72-50-44-66(58-83(72)99(3,4)82(71)56-64)79-61-87-90(92-77-35-23-27-39-88(77)105-97(79)92)75-51-46-68(59-84(75)100(87,5)6)104(67-45-41-62-31-19-20-32-63(62)55-67)69-47-52-76-85(60-69)102(9,10)96-94(76)98-93(78-36-24-28-40-89(78)106-98)91-74-34-22-25-37-80(74)101(7,8)95(91)96/h19-28,31-52,55-61H,11-18,29-30,53-54H2,1-10H3. The molecule has 106 heavy (non-hydrogen) atoms. The molecule has 0 unspecified atom stereocenters. The van der Waals surface area contributed by atoms with Gasteiger partial charge in [-0.2, -0.15) is 0 Å². The van der Waals surface area contributed by atoms with Gasteiger partial charge in [0.1, 0.15) is 22.3 Å². The van der Waals surface area contributed by atoms with E-state index in [0.717, 1.165) is 50.3 Å². The van der Waals surface area contributed by atoms with Crippen LogP contribution in [0.4, 0.5) is 17.1 Å². The lowest BCUT2D eigenvalue weighted by Gasteiger charge is -2.33. The molecule has 5 aliphatic rings. The zero-order valence-corrected chi connectivity index (χ0v) is 63.3. The molecule has 3 heteroatoms. The smallest absolute Gasteiger partial charge is 0.144 e.